The molecule has 0 atom stereocenters. The predicted molar refractivity (Wildman–Crippen MR) is 101 cm³/mol. The maximum absolute atomic E-state index is 4.23. The number of hydrogen-bond acceptors (Lipinski definition) is 1. The van der Waals surface area contributed by atoms with Crippen molar-refractivity contribution in [2.45, 2.75) is 13.3 Å². The Morgan fingerprint density at radius 3 is 2.00 bits per heavy atom. The van der Waals surface area contributed by atoms with Gasteiger partial charge in [-0.3, -0.25) is 0 Å². The van der Waals surface area contributed by atoms with E-state index in [0.717, 1.165) is 24.2 Å². The number of anilines is 1. The molecule has 0 bridgehead atoms. The van der Waals surface area contributed by atoms with Crippen molar-refractivity contribution in [3.63, 3.8) is 0 Å². The van der Waals surface area contributed by atoms with Crippen molar-refractivity contribution in [2.75, 3.05) is 11.9 Å². The molecule has 0 spiro atoms. The average molecular weight is 300 g/mol. The van der Waals surface area contributed by atoms with E-state index >= 15 is 0 Å². The van der Waals surface area contributed by atoms with Gasteiger partial charge in [0, 0.05) is 17.8 Å². The second-order valence-corrected chi connectivity index (χ2v) is 5.68. The van der Waals surface area contributed by atoms with E-state index in [2.05, 4.69) is 92.0 Å². The number of nitrogens with one attached hydrogen (secondary N) is 1. The second kappa shape index (κ2) is 7.15. The first-order valence-corrected chi connectivity index (χ1v) is 8.15. The van der Waals surface area contributed by atoms with Gasteiger partial charge in [0.15, 0.2) is 0 Å². The van der Waals surface area contributed by atoms with E-state index in [1.165, 1.54) is 22.3 Å². The van der Waals surface area contributed by atoms with Gasteiger partial charge in [-0.2, -0.15) is 0 Å². The molecule has 1 radical (unpaired) electrons. The Hall–Kier alpha value is -2.54. The summed E-state index contributed by atoms with van der Waals surface area (Å²) in [7, 11) is 0. The maximum atomic E-state index is 4.23. The molecule has 0 aliphatic rings. The van der Waals surface area contributed by atoms with E-state index in [1.807, 2.05) is 0 Å². The molecular formula is C22H22N. The lowest BCUT2D eigenvalue weighted by molar-refractivity contribution is 0.979. The van der Waals surface area contributed by atoms with Crippen molar-refractivity contribution in [2.24, 2.45) is 0 Å². The van der Waals surface area contributed by atoms with Crippen LogP contribution in [-0.4, -0.2) is 6.54 Å². The van der Waals surface area contributed by atoms with Crippen LogP contribution in [0.4, 0.5) is 5.69 Å². The third-order valence-electron chi connectivity index (χ3n) is 3.99. The lowest BCUT2D eigenvalue weighted by Crippen LogP contribution is -2.04. The van der Waals surface area contributed by atoms with Crippen molar-refractivity contribution in [1.29, 1.82) is 0 Å². The minimum atomic E-state index is 0.945. The van der Waals surface area contributed by atoms with Crippen molar-refractivity contribution >= 4 is 5.69 Å². The summed E-state index contributed by atoms with van der Waals surface area (Å²) in [5, 5.41) is 3.58. The maximum Gasteiger partial charge on any atom is 0.0458 e. The first-order chi connectivity index (χ1) is 11.3. The largest absolute Gasteiger partial charge is 0.384 e. The van der Waals surface area contributed by atoms with Crippen molar-refractivity contribution < 1.29 is 0 Å². The average Bonchev–Trinajstić information content (AvgIpc) is 2.62. The highest BCUT2D eigenvalue weighted by atomic mass is 14.9. The first kappa shape index (κ1) is 15.4. The molecule has 0 saturated heterocycles. The zero-order chi connectivity index (χ0) is 16.1. The summed E-state index contributed by atoms with van der Waals surface area (Å²) in [5.74, 6) is 0. The Morgan fingerprint density at radius 1 is 0.783 bits per heavy atom. The van der Waals surface area contributed by atoms with Crippen LogP contribution in [-0.2, 0) is 0 Å². The predicted octanol–water partition coefficient (Wildman–Crippen LogP) is 6.02. The highest BCUT2D eigenvalue weighted by Crippen LogP contribution is 2.39. The molecule has 0 aliphatic heterocycles. The highest BCUT2D eigenvalue weighted by molar-refractivity contribution is 5.93. The Balaban J connectivity index is 2.24. The van der Waals surface area contributed by atoms with Gasteiger partial charge >= 0.3 is 0 Å². The normalized spacial score (nSPS) is 10.5. The van der Waals surface area contributed by atoms with Gasteiger partial charge in [-0.15, -0.1) is 0 Å². The van der Waals surface area contributed by atoms with E-state index < -0.39 is 0 Å². The van der Waals surface area contributed by atoms with Gasteiger partial charge in [-0.05, 0) is 35.6 Å². The number of rotatable bonds is 5. The lowest BCUT2D eigenvalue weighted by atomic mass is 9.91. The van der Waals surface area contributed by atoms with Crippen LogP contribution in [0.5, 0.6) is 0 Å². The monoisotopic (exact) mass is 300 g/mol. The van der Waals surface area contributed by atoms with E-state index in [0.29, 0.717) is 0 Å². The minimum absolute atomic E-state index is 0.945. The molecule has 0 heterocycles. The molecule has 1 N–H and O–H groups in total. The lowest BCUT2D eigenvalue weighted by Gasteiger charge is -2.19. The molecule has 0 aromatic heterocycles. The van der Waals surface area contributed by atoms with Crippen molar-refractivity contribution in [3.8, 4) is 22.3 Å². The van der Waals surface area contributed by atoms with Crippen LogP contribution >= 0.6 is 0 Å². The van der Waals surface area contributed by atoms with Crippen LogP contribution in [0.2, 0.25) is 0 Å². The molecule has 0 saturated carbocycles. The summed E-state index contributed by atoms with van der Waals surface area (Å²) in [6.07, 6.45) is 1.09. The molecule has 23 heavy (non-hydrogen) atoms. The molecule has 0 amide bonds. The minimum Gasteiger partial charge on any atom is -0.384 e. The van der Waals surface area contributed by atoms with E-state index in [1.54, 1.807) is 0 Å². The molecule has 0 fully saturated rings. The molecule has 1 nitrogen and oxygen atoms in total. The highest BCUT2D eigenvalue weighted by Gasteiger charge is 2.14. The van der Waals surface area contributed by atoms with Gasteiger partial charge in [0.1, 0.15) is 0 Å². The fraction of sp³-hybridized carbons (Fsp3) is 0.136. The molecule has 1 heteroatoms. The Labute approximate surface area is 139 Å². The van der Waals surface area contributed by atoms with Gasteiger partial charge in [-0.1, -0.05) is 79.7 Å². The van der Waals surface area contributed by atoms with Crippen LogP contribution in [0, 0.1) is 6.92 Å². The van der Waals surface area contributed by atoms with E-state index in [9.17, 15) is 0 Å². The van der Waals surface area contributed by atoms with Crippen LogP contribution in [0.1, 0.15) is 18.9 Å². The van der Waals surface area contributed by atoms with Crippen LogP contribution in [0.3, 0.4) is 0 Å². The summed E-state index contributed by atoms with van der Waals surface area (Å²) in [6, 6.07) is 25.4. The fourth-order valence-corrected chi connectivity index (χ4v) is 2.86. The summed E-state index contributed by atoms with van der Waals surface area (Å²) in [4.78, 5) is 0. The first-order valence-electron chi connectivity index (χ1n) is 8.15. The van der Waals surface area contributed by atoms with Crippen molar-refractivity contribution in [1.82, 2.24) is 0 Å². The van der Waals surface area contributed by atoms with Crippen LogP contribution < -0.4 is 5.32 Å². The topological polar surface area (TPSA) is 12.0 Å². The van der Waals surface area contributed by atoms with E-state index in [-0.39, 0.29) is 0 Å². The summed E-state index contributed by atoms with van der Waals surface area (Å²) in [5.41, 5.74) is 7.10. The second-order valence-electron chi connectivity index (χ2n) is 5.68. The fourth-order valence-electron chi connectivity index (χ4n) is 2.86. The van der Waals surface area contributed by atoms with Gasteiger partial charge in [-0.25, -0.2) is 0 Å². The molecular weight excluding hydrogens is 278 g/mol. The molecule has 3 aromatic carbocycles. The standard InChI is InChI=1S/C22H22N/c1-3-16-23-22-17(2)14-15-20(18-10-6-4-7-11-18)21(22)19-12-8-5-9-13-19/h4-15,23H,2-3,16H2,1H3. The molecule has 3 aromatic rings. The van der Waals surface area contributed by atoms with Crippen molar-refractivity contribution in [3.05, 3.63) is 85.3 Å². The quantitative estimate of drug-likeness (QED) is 0.607. The van der Waals surface area contributed by atoms with Gasteiger partial charge in [0.05, 0.1) is 0 Å². The van der Waals surface area contributed by atoms with Crippen LogP contribution in [0.15, 0.2) is 72.8 Å². The summed E-state index contributed by atoms with van der Waals surface area (Å²) in [6.45, 7) is 7.36. The Morgan fingerprint density at radius 2 is 1.39 bits per heavy atom. The SMILES string of the molecule is [CH2]c1ccc(-c2ccccc2)c(-c2ccccc2)c1NCCC. The number of hydrogen-bond donors (Lipinski definition) is 1. The van der Waals surface area contributed by atoms with Gasteiger partial charge in [0.25, 0.3) is 0 Å². The number of benzene rings is 3. The van der Waals surface area contributed by atoms with Gasteiger partial charge in [0.2, 0.25) is 0 Å². The molecule has 3 rings (SSSR count). The molecule has 0 aliphatic carbocycles. The Bertz CT molecular complexity index is 761. The third-order valence-corrected chi connectivity index (χ3v) is 3.99. The van der Waals surface area contributed by atoms with Gasteiger partial charge < -0.3 is 5.32 Å². The Kier molecular flexibility index (Phi) is 4.77. The molecule has 0 unspecified atom stereocenters. The van der Waals surface area contributed by atoms with E-state index in [4.69, 9.17) is 0 Å². The summed E-state index contributed by atoms with van der Waals surface area (Å²) < 4.78 is 0. The zero-order valence-corrected chi connectivity index (χ0v) is 13.5. The zero-order valence-electron chi connectivity index (χ0n) is 13.5. The summed E-state index contributed by atoms with van der Waals surface area (Å²) >= 11 is 0. The third kappa shape index (κ3) is 3.29. The smallest absolute Gasteiger partial charge is 0.0458 e. The molecule has 115 valence electrons. The van der Waals surface area contributed by atoms with Crippen LogP contribution in [0.25, 0.3) is 22.3 Å².